The molecule has 15 heavy (non-hydrogen) atoms. The first-order chi connectivity index (χ1) is 7.27. The molecule has 74 valence electrons. The highest BCUT2D eigenvalue weighted by atomic mass is 16.5. The van der Waals surface area contributed by atoms with Gasteiger partial charge in [-0.1, -0.05) is 6.07 Å². The van der Waals surface area contributed by atoms with Crippen molar-refractivity contribution in [3.8, 4) is 11.8 Å². The first kappa shape index (κ1) is 9.28. The number of benzene rings is 1. The molecule has 0 bridgehead atoms. The number of aromatic amines is 1. The highest BCUT2D eigenvalue weighted by Crippen LogP contribution is 2.25. The molecule has 0 aliphatic heterocycles. The molecule has 4 nitrogen and oxygen atoms in total. The Kier molecular flexibility index (Phi) is 2.14. The summed E-state index contributed by atoms with van der Waals surface area (Å²) in [5.41, 5.74) is 0.185. The van der Waals surface area contributed by atoms with Crippen molar-refractivity contribution >= 4 is 10.8 Å². The fourth-order valence-electron chi connectivity index (χ4n) is 1.54. The lowest BCUT2D eigenvalue weighted by atomic mass is 10.1. The SMILES string of the molecule is COc1cccc2c(=O)[nH]cc(C#N)c12. The van der Waals surface area contributed by atoms with Gasteiger partial charge in [-0.15, -0.1) is 0 Å². The van der Waals surface area contributed by atoms with Crippen molar-refractivity contribution in [1.82, 2.24) is 4.98 Å². The Morgan fingerprint density at radius 1 is 1.47 bits per heavy atom. The third kappa shape index (κ3) is 1.34. The van der Waals surface area contributed by atoms with E-state index in [-0.39, 0.29) is 5.56 Å². The number of methoxy groups -OCH3 is 1. The molecule has 1 aromatic carbocycles. The molecule has 2 rings (SSSR count). The fourth-order valence-corrected chi connectivity index (χ4v) is 1.54. The van der Waals surface area contributed by atoms with Crippen LogP contribution in [0.3, 0.4) is 0 Å². The van der Waals surface area contributed by atoms with Gasteiger partial charge in [0, 0.05) is 11.6 Å². The summed E-state index contributed by atoms with van der Waals surface area (Å²) < 4.78 is 5.12. The van der Waals surface area contributed by atoms with Crippen molar-refractivity contribution in [2.75, 3.05) is 7.11 Å². The zero-order valence-corrected chi connectivity index (χ0v) is 8.07. The van der Waals surface area contributed by atoms with Crippen LogP contribution in [0.15, 0.2) is 29.2 Å². The summed E-state index contributed by atoms with van der Waals surface area (Å²) in [4.78, 5) is 14.0. The van der Waals surface area contributed by atoms with Crippen LogP contribution in [-0.4, -0.2) is 12.1 Å². The lowest BCUT2D eigenvalue weighted by Gasteiger charge is -2.05. The monoisotopic (exact) mass is 200 g/mol. The van der Waals surface area contributed by atoms with Gasteiger partial charge in [-0.25, -0.2) is 0 Å². The number of hydrogen-bond acceptors (Lipinski definition) is 3. The highest BCUT2D eigenvalue weighted by Gasteiger charge is 2.08. The van der Waals surface area contributed by atoms with Gasteiger partial charge in [0.1, 0.15) is 11.8 Å². The molecule has 0 unspecified atom stereocenters. The van der Waals surface area contributed by atoms with Crippen LogP contribution in [0.5, 0.6) is 5.75 Å². The van der Waals surface area contributed by atoms with Crippen molar-refractivity contribution in [2.45, 2.75) is 0 Å². The molecule has 2 aromatic rings. The summed E-state index contributed by atoms with van der Waals surface area (Å²) in [5.74, 6) is 0.537. The summed E-state index contributed by atoms with van der Waals surface area (Å²) in [6.07, 6.45) is 1.40. The third-order valence-electron chi connectivity index (χ3n) is 2.23. The minimum atomic E-state index is -0.220. The molecule has 0 spiro atoms. The summed E-state index contributed by atoms with van der Waals surface area (Å²) in [5, 5.41) is 9.95. The Bertz CT molecular complexity index is 608. The number of rotatable bonds is 1. The number of ether oxygens (including phenoxy) is 1. The number of nitrogens with one attached hydrogen (secondary N) is 1. The summed E-state index contributed by atoms with van der Waals surface area (Å²) in [7, 11) is 1.51. The van der Waals surface area contributed by atoms with Crippen molar-refractivity contribution in [3.63, 3.8) is 0 Å². The van der Waals surface area contributed by atoms with E-state index < -0.39 is 0 Å². The van der Waals surface area contributed by atoms with E-state index in [1.54, 1.807) is 18.2 Å². The number of nitrogens with zero attached hydrogens (tertiary/aromatic N) is 1. The quantitative estimate of drug-likeness (QED) is 0.756. The molecule has 0 atom stereocenters. The molecule has 0 fully saturated rings. The van der Waals surface area contributed by atoms with Crippen LogP contribution in [-0.2, 0) is 0 Å². The van der Waals surface area contributed by atoms with E-state index in [4.69, 9.17) is 10.00 Å². The molecule has 0 aliphatic carbocycles. The van der Waals surface area contributed by atoms with Crippen LogP contribution >= 0.6 is 0 Å². The Morgan fingerprint density at radius 3 is 2.93 bits per heavy atom. The average Bonchev–Trinajstić information content (AvgIpc) is 2.29. The van der Waals surface area contributed by atoms with E-state index in [1.807, 2.05) is 6.07 Å². The summed E-state index contributed by atoms with van der Waals surface area (Å²) in [6.45, 7) is 0. The van der Waals surface area contributed by atoms with Gasteiger partial charge in [0.2, 0.25) is 0 Å². The summed E-state index contributed by atoms with van der Waals surface area (Å²) >= 11 is 0. The smallest absolute Gasteiger partial charge is 0.256 e. The molecule has 0 saturated heterocycles. The van der Waals surface area contributed by atoms with Gasteiger partial charge < -0.3 is 9.72 Å². The Morgan fingerprint density at radius 2 is 2.27 bits per heavy atom. The maximum absolute atomic E-state index is 11.5. The first-order valence-corrected chi connectivity index (χ1v) is 4.36. The number of hydrogen-bond donors (Lipinski definition) is 1. The van der Waals surface area contributed by atoms with Crippen LogP contribution in [0.25, 0.3) is 10.8 Å². The van der Waals surface area contributed by atoms with Gasteiger partial charge in [-0.3, -0.25) is 4.79 Å². The van der Waals surface area contributed by atoms with Crippen molar-refractivity contribution < 1.29 is 4.74 Å². The van der Waals surface area contributed by atoms with Crippen LogP contribution in [0.4, 0.5) is 0 Å². The number of nitriles is 1. The Balaban J connectivity index is 3.02. The first-order valence-electron chi connectivity index (χ1n) is 4.36. The maximum Gasteiger partial charge on any atom is 0.256 e. The third-order valence-corrected chi connectivity index (χ3v) is 2.23. The second-order valence-corrected chi connectivity index (χ2v) is 3.03. The topological polar surface area (TPSA) is 65.9 Å². The fraction of sp³-hybridized carbons (Fsp3) is 0.0909. The lowest BCUT2D eigenvalue weighted by Crippen LogP contribution is -2.06. The molecular weight excluding hydrogens is 192 g/mol. The zero-order valence-electron chi connectivity index (χ0n) is 8.07. The van der Waals surface area contributed by atoms with E-state index in [9.17, 15) is 4.79 Å². The molecule has 1 N–H and O–H groups in total. The molecular formula is C11H8N2O2. The minimum absolute atomic E-state index is 0.220. The zero-order chi connectivity index (χ0) is 10.8. The molecule has 0 amide bonds. The number of aromatic nitrogens is 1. The maximum atomic E-state index is 11.5. The van der Waals surface area contributed by atoms with E-state index in [0.29, 0.717) is 22.1 Å². The minimum Gasteiger partial charge on any atom is -0.496 e. The molecule has 1 aromatic heterocycles. The Labute approximate surface area is 85.7 Å². The van der Waals surface area contributed by atoms with E-state index in [0.717, 1.165) is 0 Å². The predicted molar refractivity (Wildman–Crippen MR) is 55.8 cm³/mol. The van der Waals surface area contributed by atoms with Gasteiger partial charge >= 0.3 is 0 Å². The van der Waals surface area contributed by atoms with Crippen molar-refractivity contribution in [1.29, 1.82) is 5.26 Å². The van der Waals surface area contributed by atoms with Crippen molar-refractivity contribution in [2.24, 2.45) is 0 Å². The van der Waals surface area contributed by atoms with E-state index in [2.05, 4.69) is 4.98 Å². The number of fused-ring (bicyclic) bond motifs is 1. The van der Waals surface area contributed by atoms with Crippen molar-refractivity contribution in [3.05, 3.63) is 40.3 Å². The summed E-state index contributed by atoms with van der Waals surface area (Å²) in [6, 6.07) is 7.13. The van der Waals surface area contributed by atoms with Crippen LogP contribution < -0.4 is 10.3 Å². The van der Waals surface area contributed by atoms with Crippen LogP contribution in [0.1, 0.15) is 5.56 Å². The predicted octanol–water partition coefficient (Wildman–Crippen LogP) is 1.41. The highest BCUT2D eigenvalue weighted by molar-refractivity contribution is 5.92. The Hall–Kier alpha value is -2.28. The molecule has 1 heterocycles. The van der Waals surface area contributed by atoms with E-state index in [1.165, 1.54) is 13.3 Å². The standard InChI is InChI=1S/C11H8N2O2/c1-15-9-4-2-3-8-10(9)7(5-12)6-13-11(8)14/h2-4,6H,1H3,(H,13,14). The molecule has 0 radical (unpaired) electrons. The van der Waals surface area contributed by atoms with Gasteiger partial charge in [0.05, 0.1) is 18.1 Å². The van der Waals surface area contributed by atoms with Gasteiger partial charge in [-0.05, 0) is 12.1 Å². The van der Waals surface area contributed by atoms with Gasteiger partial charge in [0.25, 0.3) is 5.56 Å². The van der Waals surface area contributed by atoms with Gasteiger partial charge in [0.15, 0.2) is 0 Å². The van der Waals surface area contributed by atoms with Crippen LogP contribution in [0.2, 0.25) is 0 Å². The lowest BCUT2D eigenvalue weighted by molar-refractivity contribution is 0.419. The molecule has 4 heteroatoms. The van der Waals surface area contributed by atoms with Gasteiger partial charge in [-0.2, -0.15) is 5.26 Å². The molecule has 0 aliphatic rings. The average molecular weight is 200 g/mol. The molecule has 0 saturated carbocycles. The number of pyridine rings is 1. The normalized spacial score (nSPS) is 9.87. The second kappa shape index (κ2) is 3.46. The largest absolute Gasteiger partial charge is 0.496 e. The second-order valence-electron chi connectivity index (χ2n) is 3.03. The van der Waals surface area contributed by atoms with Crippen LogP contribution in [0, 0.1) is 11.3 Å². The number of H-pyrrole nitrogens is 1. The van der Waals surface area contributed by atoms with E-state index >= 15 is 0 Å².